The van der Waals surface area contributed by atoms with Crippen molar-refractivity contribution in [1.29, 1.82) is 0 Å². The van der Waals surface area contributed by atoms with Gasteiger partial charge in [-0.3, -0.25) is 4.79 Å². The van der Waals surface area contributed by atoms with E-state index in [0.29, 0.717) is 18.1 Å². The van der Waals surface area contributed by atoms with Gasteiger partial charge < -0.3 is 19.5 Å². The van der Waals surface area contributed by atoms with E-state index in [1.165, 1.54) is 4.90 Å². The Morgan fingerprint density at radius 1 is 1.32 bits per heavy atom. The summed E-state index contributed by atoms with van der Waals surface area (Å²) >= 11 is 5.97. The van der Waals surface area contributed by atoms with E-state index < -0.39 is 17.9 Å². The van der Waals surface area contributed by atoms with Crippen molar-refractivity contribution in [2.24, 2.45) is 5.92 Å². The molecule has 1 saturated heterocycles. The van der Waals surface area contributed by atoms with E-state index in [1.807, 2.05) is 0 Å². The fourth-order valence-corrected chi connectivity index (χ4v) is 3.02. The Kier molecular flexibility index (Phi) is 4.22. The lowest BCUT2D eigenvalue weighted by Crippen LogP contribution is -2.55. The zero-order chi connectivity index (χ0) is 15.7. The third-order valence-electron chi connectivity index (χ3n) is 3.97. The minimum absolute atomic E-state index is 0.0249. The smallest absolute Gasteiger partial charge is 0.328 e. The van der Waals surface area contributed by atoms with Crippen LogP contribution in [-0.2, 0) is 20.7 Å². The predicted molar refractivity (Wildman–Crippen MR) is 78.1 cm³/mol. The number of carbonyl (C=O) groups is 2. The summed E-state index contributed by atoms with van der Waals surface area (Å²) in [6.07, 6.45) is 0.498. The Labute approximate surface area is 132 Å². The Bertz CT molecular complexity index is 606. The van der Waals surface area contributed by atoms with E-state index in [1.54, 1.807) is 18.2 Å². The van der Waals surface area contributed by atoms with Gasteiger partial charge in [-0.1, -0.05) is 11.6 Å². The Morgan fingerprint density at radius 3 is 2.91 bits per heavy atom. The minimum Gasteiger partial charge on any atom is -0.492 e. The number of rotatable bonds is 2. The fraction of sp³-hybridized carbons (Fsp3) is 0.467. The number of aliphatic carboxylic acids is 1. The summed E-state index contributed by atoms with van der Waals surface area (Å²) in [5.74, 6) is -0.925. The molecule has 0 unspecified atom stereocenters. The van der Waals surface area contributed by atoms with Gasteiger partial charge >= 0.3 is 5.97 Å². The van der Waals surface area contributed by atoms with Gasteiger partial charge in [0.2, 0.25) is 5.91 Å². The molecule has 2 heterocycles. The first-order valence-corrected chi connectivity index (χ1v) is 7.46. The number of carboxylic acid groups (broad SMARTS) is 1. The van der Waals surface area contributed by atoms with Crippen LogP contribution in [0.3, 0.4) is 0 Å². The second-order valence-corrected chi connectivity index (χ2v) is 5.86. The van der Waals surface area contributed by atoms with E-state index in [0.717, 1.165) is 11.3 Å². The normalized spacial score (nSPS) is 24.3. The van der Waals surface area contributed by atoms with Gasteiger partial charge in [-0.05, 0) is 30.2 Å². The molecule has 0 aliphatic carbocycles. The van der Waals surface area contributed by atoms with Crippen LogP contribution >= 0.6 is 11.6 Å². The van der Waals surface area contributed by atoms with Crippen molar-refractivity contribution in [2.45, 2.75) is 12.5 Å². The standard InChI is InChI=1S/C15H16ClNO5/c16-11-1-2-13-9(6-11)5-10(7-22-13)14(18)17-3-4-21-8-12(17)15(19)20/h1-2,6,10,12H,3-5,7-8H2,(H,19,20)/t10-,12+/m1/s1. The van der Waals surface area contributed by atoms with Crippen LogP contribution in [-0.4, -0.2) is 54.3 Å². The maximum Gasteiger partial charge on any atom is 0.328 e. The summed E-state index contributed by atoms with van der Waals surface area (Å²) in [5, 5.41) is 9.82. The average Bonchev–Trinajstić information content (AvgIpc) is 2.53. The van der Waals surface area contributed by atoms with Crippen LogP contribution in [0.2, 0.25) is 5.02 Å². The number of amides is 1. The number of benzene rings is 1. The molecule has 3 rings (SSSR count). The van der Waals surface area contributed by atoms with E-state index in [-0.39, 0.29) is 25.7 Å². The Hall–Kier alpha value is -1.79. The van der Waals surface area contributed by atoms with E-state index in [4.69, 9.17) is 21.1 Å². The van der Waals surface area contributed by atoms with Crippen molar-refractivity contribution in [1.82, 2.24) is 4.90 Å². The van der Waals surface area contributed by atoms with Crippen molar-refractivity contribution in [3.8, 4) is 5.75 Å². The van der Waals surface area contributed by atoms with Crippen molar-refractivity contribution in [3.63, 3.8) is 0 Å². The Morgan fingerprint density at radius 2 is 2.14 bits per heavy atom. The molecular weight excluding hydrogens is 310 g/mol. The molecule has 118 valence electrons. The zero-order valence-electron chi connectivity index (χ0n) is 11.8. The monoisotopic (exact) mass is 325 g/mol. The highest BCUT2D eigenvalue weighted by Gasteiger charge is 2.37. The number of carbonyl (C=O) groups excluding carboxylic acids is 1. The molecule has 2 atom stereocenters. The van der Waals surface area contributed by atoms with Crippen molar-refractivity contribution in [2.75, 3.05) is 26.4 Å². The lowest BCUT2D eigenvalue weighted by atomic mass is 9.95. The molecule has 6 nitrogen and oxygen atoms in total. The maximum absolute atomic E-state index is 12.7. The van der Waals surface area contributed by atoms with Crippen molar-refractivity contribution >= 4 is 23.5 Å². The third-order valence-corrected chi connectivity index (χ3v) is 4.21. The number of halogens is 1. The van der Waals surface area contributed by atoms with Gasteiger partial charge in [-0.25, -0.2) is 4.79 Å². The molecule has 1 aromatic carbocycles. The average molecular weight is 326 g/mol. The number of hydrogen-bond acceptors (Lipinski definition) is 4. The second-order valence-electron chi connectivity index (χ2n) is 5.42. The molecule has 1 aromatic rings. The second kappa shape index (κ2) is 6.14. The first-order chi connectivity index (χ1) is 10.6. The van der Waals surface area contributed by atoms with Crippen molar-refractivity contribution in [3.05, 3.63) is 28.8 Å². The van der Waals surface area contributed by atoms with Crippen LogP contribution in [0.15, 0.2) is 18.2 Å². The Balaban J connectivity index is 1.76. The highest BCUT2D eigenvalue weighted by molar-refractivity contribution is 6.30. The molecule has 0 saturated carbocycles. The number of morpholine rings is 1. The summed E-state index contributed by atoms with van der Waals surface area (Å²) in [7, 11) is 0. The zero-order valence-corrected chi connectivity index (χ0v) is 12.6. The van der Waals surface area contributed by atoms with Crippen LogP contribution in [0.1, 0.15) is 5.56 Å². The van der Waals surface area contributed by atoms with Gasteiger partial charge in [-0.2, -0.15) is 0 Å². The van der Waals surface area contributed by atoms with E-state index in [2.05, 4.69) is 0 Å². The molecule has 7 heteroatoms. The van der Waals surface area contributed by atoms with E-state index in [9.17, 15) is 14.7 Å². The molecule has 0 spiro atoms. The van der Waals surface area contributed by atoms with Gasteiger partial charge in [-0.15, -0.1) is 0 Å². The fourth-order valence-electron chi connectivity index (χ4n) is 2.83. The van der Waals surface area contributed by atoms with Gasteiger partial charge in [0.25, 0.3) is 0 Å². The summed E-state index contributed by atoms with van der Waals surface area (Å²) in [5.41, 5.74) is 0.872. The van der Waals surface area contributed by atoms with Crippen LogP contribution in [0.25, 0.3) is 0 Å². The number of nitrogens with zero attached hydrogens (tertiary/aromatic N) is 1. The molecule has 1 fully saturated rings. The largest absolute Gasteiger partial charge is 0.492 e. The van der Waals surface area contributed by atoms with Gasteiger partial charge in [0.1, 0.15) is 12.4 Å². The number of fused-ring (bicyclic) bond motifs is 1. The summed E-state index contributed by atoms with van der Waals surface area (Å²) in [6, 6.07) is 4.38. The molecule has 0 aromatic heterocycles. The maximum atomic E-state index is 12.7. The molecule has 0 bridgehead atoms. The molecular formula is C15H16ClNO5. The molecule has 2 aliphatic rings. The third kappa shape index (κ3) is 2.89. The van der Waals surface area contributed by atoms with Crippen LogP contribution < -0.4 is 4.74 Å². The lowest BCUT2D eigenvalue weighted by Gasteiger charge is -2.36. The topological polar surface area (TPSA) is 76.1 Å². The number of carboxylic acids is 1. The number of hydrogen-bond donors (Lipinski definition) is 1. The highest BCUT2D eigenvalue weighted by Crippen LogP contribution is 2.31. The predicted octanol–water partition coefficient (Wildman–Crippen LogP) is 1.20. The quantitative estimate of drug-likeness (QED) is 0.884. The molecule has 1 amide bonds. The summed E-state index contributed by atoms with van der Waals surface area (Å²) in [4.78, 5) is 25.3. The summed E-state index contributed by atoms with van der Waals surface area (Å²) < 4.78 is 10.8. The SMILES string of the molecule is O=C(O)[C@@H]1COCCN1C(=O)[C@H]1COc2ccc(Cl)cc2C1. The van der Waals surface area contributed by atoms with Crippen LogP contribution in [0.5, 0.6) is 5.75 Å². The van der Waals surface area contributed by atoms with E-state index >= 15 is 0 Å². The summed E-state index contributed by atoms with van der Waals surface area (Å²) in [6.45, 7) is 0.911. The molecule has 22 heavy (non-hydrogen) atoms. The van der Waals surface area contributed by atoms with Crippen LogP contribution in [0, 0.1) is 5.92 Å². The first-order valence-electron chi connectivity index (χ1n) is 7.08. The van der Waals surface area contributed by atoms with Crippen LogP contribution in [0.4, 0.5) is 0 Å². The lowest BCUT2D eigenvalue weighted by molar-refractivity contribution is -0.161. The molecule has 0 radical (unpaired) electrons. The van der Waals surface area contributed by atoms with Gasteiger partial charge in [0.15, 0.2) is 6.04 Å². The highest BCUT2D eigenvalue weighted by atomic mass is 35.5. The van der Waals surface area contributed by atoms with Gasteiger partial charge in [0, 0.05) is 11.6 Å². The first kappa shape index (κ1) is 15.1. The van der Waals surface area contributed by atoms with Crippen molar-refractivity contribution < 1.29 is 24.2 Å². The van der Waals surface area contributed by atoms with Gasteiger partial charge in [0.05, 0.1) is 19.1 Å². The molecule has 1 N–H and O–H groups in total. The minimum atomic E-state index is -1.05. The number of ether oxygens (including phenoxy) is 2. The molecule has 2 aliphatic heterocycles.